The van der Waals surface area contributed by atoms with E-state index in [1.54, 1.807) is 11.3 Å². The van der Waals surface area contributed by atoms with Crippen LogP contribution in [0.3, 0.4) is 0 Å². The molecular formula is C17H21N3OS. The molecule has 5 heteroatoms. The maximum Gasteiger partial charge on any atom is 0.251 e. The first-order chi connectivity index (χ1) is 10.7. The van der Waals surface area contributed by atoms with Gasteiger partial charge in [-0.15, -0.1) is 11.3 Å². The van der Waals surface area contributed by atoms with Crippen LogP contribution in [0.1, 0.15) is 34.5 Å². The summed E-state index contributed by atoms with van der Waals surface area (Å²) in [6.07, 6.45) is 2.00. The zero-order chi connectivity index (χ0) is 15.4. The van der Waals surface area contributed by atoms with Gasteiger partial charge in [-0.2, -0.15) is 0 Å². The van der Waals surface area contributed by atoms with E-state index in [0.717, 1.165) is 49.3 Å². The highest BCUT2D eigenvalue weighted by Crippen LogP contribution is 2.15. The Kier molecular flexibility index (Phi) is 4.85. The lowest BCUT2D eigenvalue weighted by Crippen LogP contribution is -2.44. The first kappa shape index (κ1) is 15.2. The number of aryl methyl sites for hydroxylation is 1. The van der Waals surface area contributed by atoms with Crippen molar-refractivity contribution in [2.75, 3.05) is 13.1 Å². The van der Waals surface area contributed by atoms with Crippen LogP contribution in [0.2, 0.25) is 0 Å². The van der Waals surface area contributed by atoms with Gasteiger partial charge in [0, 0.05) is 36.6 Å². The van der Waals surface area contributed by atoms with Gasteiger partial charge in [0.25, 0.3) is 5.91 Å². The van der Waals surface area contributed by atoms with Crippen LogP contribution >= 0.6 is 11.3 Å². The third-order valence-corrected chi connectivity index (χ3v) is 4.71. The van der Waals surface area contributed by atoms with Crippen molar-refractivity contribution in [1.29, 1.82) is 0 Å². The Morgan fingerprint density at radius 2 is 2.23 bits per heavy atom. The van der Waals surface area contributed by atoms with Crippen LogP contribution in [0.15, 0.2) is 35.2 Å². The van der Waals surface area contributed by atoms with E-state index in [-0.39, 0.29) is 11.9 Å². The van der Waals surface area contributed by atoms with Crippen molar-refractivity contribution in [1.82, 2.24) is 15.2 Å². The summed E-state index contributed by atoms with van der Waals surface area (Å²) < 4.78 is 0. The molecule has 1 N–H and O–H groups in total. The smallest absolute Gasteiger partial charge is 0.251 e. The predicted octanol–water partition coefficient (Wildman–Crippen LogP) is 2.85. The molecule has 1 amide bonds. The molecule has 0 bridgehead atoms. The SMILES string of the molecule is Cc1cccc(C(=O)NC2CCN(Cc3cscn3)CC2)c1. The molecule has 2 aromatic rings. The number of hydrogen-bond acceptors (Lipinski definition) is 4. The minimum atomic E-state index is 0.0432. The minimum absolute atomic E-state index is 0.0432. The van der Waals surface area contributed by atoms with Gasteiger partial charge in [0.2, 0.25) is 0 Å². The predicted molar refractivity (Wildman–Crippen MR) is 89.1 cm³/mol. The summed E-state index contributed by atoms with van der Waals surface area (Å²) in [5, 5.41) is 5.27. The average Bonchev–Trinajstić information content (AvgIpc) is 3.02. The highest BCUT2D eigenvalue weighted by atomic mass is 32.1. The number of aromatic nitrogens is 1. The van der Waals surface area contributed by atoms with E-state index in [4.69, 9.17) is 0 Å². The Labute approximate surface area is 135 Å². The van der Waals surface area contributed by atoms with E-state index in [1.165, 1.54) is 0 Å². The van der Waals surface area contributed by atoms with E-state index in [0.29, 0.717) is 0 Å². The Balaban J connectivity index is 1.48. The second-order valence-electron chi connectivity index (χ2n) is 5.87. The zero-order valence-electron chi connectivity index (χ0n) is 12.8. The van der Waals surface area contributed by atoms with Gasteiger partial charge in [0.05, 0.1) is 11.2 Å². The molecule has 2 heterocycles. The molecular weight excluding hydrogens is 294 g/mol. The molecule has 1 saturated heterocycles. The number of hydrogen-bond donors (Lipinski definition) is 1. The second kappa shape index (κ2) is 7.03. The maximum atomic E-state index is 12.3. The van der Waals surface area contributed by atoms with Crippen molar-refractivity contribution in [3.8, 4) is 0 Å². The number of nitrogens with zero attached hydrogens (tertiary/aromatic N) is 2. The lowest BCUT2D eigenvalue weighted by atomic mass is 10.0. The summed E-state index contributed by atoms with van der Waals surface area (Å²) in [6, 6.07) is 8.03. The summed E-state index contributed by atoms with van der Waals surface area (Å²) in [5.41, 5.74) is 4.90. The summed E-state index contributed by atoms with van der Waals surface area (Å²) in [6.45, 7) is 4.95. The standard InChI is InChI=1S/C17H21N3OS/c1-13-3-2-4-14(9-13)17(21)19-15-5-7-20(8-6-15)10-16-11-22-12-18-16/h2-4,9,11-12,15H,5-8,10H2,1H3,(H,19,21). The highest BCUT2D eigenvalue weighted by molar-refractivity contribution is 7.07. The topological polar surface area (TPSA) is 45.2 Å². The monoisotopic (exact) mass is 315 g/mol. The Morgan fingerprint density at radius 3 is 2.91 bits per heavy atom. The molecule has 1 aromatic carbocycles. The molecule has 0 radical (unpaired) electrons. The second-order valence-corrected chi connectivity index (χ2v) is 6.59. The molecule has 4 nitrogen and oxygen atoms in total. The quantitative estimate of drug-likeness (QED) is 0.943. The fourth-order valence-corrected chi connectivity index (χ4v) is 3.38. The van der Waals surface area contributed by atoms with Crippen molar-refractivity contribution in [3.05, 3.63) is 52.0 Å². The van der Waals surface area contributed by atoms with Gasteiger partial charge in [-0.25, -0.2) is 4.98 Å². The lowest BCUT2D eigenvalue weighted by Gasteiger charge is -2.31. The molecule has 22 heavy (non-hydrogen) atoms. The Bertz CT molecular complexity index is 619. The molecule has 1 aliphatic heterocycles. The number of rotatable bonds is 4. The number of carbonyl (C=O) groups is 1. The van der Waals surface area contributed by atoms with Crippen molar-refractivity contribution in [2.24, 2.45) is 0 Å². The van der Waals surface area contributed by atoms with Crippen molar-refractivity contribution < 1.29 is 4.79 Å². The summed E-state index contributed by atoms with van der Waals surface area (Å²) in [7, 11) is 0. The number of thiazole rings is 1. The third kappa shape index (κ3) is 3.93. The first-order valence-electron chi connectivity index (χ1n) is 7.67. The fourth-order valence-electron chi connectivity index (χ4n) is 2.84. The maximum absolute atomic E-state index is 12.3. The van der Waals surface area contributed by atoms with Gasteiger partial charge in [0.15, 0.2) is 0 Å². The highest BCUT2D eigenvalue weighted by Gasteiger charge is 2.21. The first-order valence-corrected chi connectivity index (χ1v) is 8.62. The zero-order valence-corrected chi connectivity index (χ0v) is 13.6. The van der Waals surface area contributed by atoms with Crippen LogP contribution in [0.25, 0.3) is 0 Å². The van der Waals surface area contributed by atoms with Crippen LogP contribution < -0.4 is 5.32 Å². The third-order valence-electron chi connectivity index (χ3n) is 4.07. The van der Waals surface area contributed by atoms with Crippen LogP contribution in [-0.4, -0.2) is 34.9 Å². The molecule has 1 aromatic heterocycles. The Hall–Kier alpha value is -1.72. The van der Waals surface area contributed by atoms with Gasteiger partial charge < -0.3 is 5.32 Å². The van der Waals surface area contributed by atoms with E-state index in [1.807, 2.05) is 36.7 Å². The normalized spacial score (nSPS) is 16.6. The number of benzene rings is 1. The Morgan fingerprint density at radius 1 is 1.41 bits per heavy atom. The molecule has 1 aliphatic rings. The van der Waals surface area contributed by atoms with E-state index in [2.05, 4.69) is 20.6 Å². The number of amides is 1. The summed E-state index contributed by atoms with van der Waals surface area (Å²) >= 11 is 1.64. The van der Waals surface area contributed by atoms with Crippen LogP contribution in [-0.2, 0) is 6.54 Å². The summed E-state index contributed by atoms with van der Waals surface area (Å²) in [5.74, 6) is 0.0432. The van der Waals surface area contributed by atoms with E-state index in [9.17, 15) is 4.79 Å². The fraction of sp³-hybridized carbons (Fsp3) is 0.412. The molecule has 0 unspecified atom stereocenters. The van der Waals surface area contributed by atoms with Crippen LogP contribution in [0.4, 0.5) is 0 Å². The molecule has 3 rings (SSSR count). The van der Waals surface area contributed by atoms with Gasteiger partial charge in [-0.05, 0) is 31.9 Å². The number of piperidine rings is 1. The molecule has 0 aliphatic carbocycles. The molecule has 116 valence electrons. The molecule has 0 atom stereocenters. The van der Waals surface area contributed by atoms with E-state index >= 15 is 0 Å². The van der Waals surface area contributed by atoms with Crippen LogP contribution in [0.5, 0.6) is 0 Å². The molecule has 1 fully saturated rings. The number of carbonyl (C=O) groups excluding carboxylic acids is 1. The van der Waals surface area contributed by atoms with Crippen molar-refractivity contribution >= 4 is 17.2 Å². The number of likely N-dealkylation sites (tertiary alicyclic amines) is 1. The van der Waals surface area contributed by atoms with Gasteiger partial charge in [0.1, 0.15) is 0 Å². The van der Waals surface area contributed by atoms with Gasteiger partial charge in [-0.1, -0.05) is 17.7 Å². The van der Waals surface area contributed by atoms with Crippen molar-refractivity contribution in [2.45, 2.75) is 32.4 Å². The minimum Gasteiger partial charge on any atom is -0.349 e. The van der Waals surface area contributed by atoms with Gasteiger partial charge in [-0.3, -0.25) is 9.69 Å². The largest absolute Gasteiger partial charge is 0.349 e. The van der Waals surface area contributed by atoms with Crippen LogP contribution in [0, 0.1) is 6.92 Å². The summed E-state index contributed by atoms with van der Waals surface area (Å²) in [4.78, 5) is 19.0. The average molecular weight is 315 g/mol. The molecule has 0 spiro atoms. The molecule has 0 saturated carbocycles. The number of nitrogens with one attached hydrogen (secondary N) is 1. The van der Waals surface area contributed by atoms with Gasteiger partial charge >= 0.3 is 0 Å². The van der Waals surface area contributed by atoms with Crippen molar-refractivity contribution in [3.63, 3.8) is 0 Å². The lowest BCUT2D eigenvalue weighted by molar-refractivity contribution is 0.0908. The van der Waals surface area contributed by atoms with E-state index < -0.39 is 0 Å².